The Balaban J connectivity index is 2.18. The fraction of sp³-hybridized carbons (Fsp3) is 0.455. The minimum absolute atomic E-state index is 0.213. The number of aliphatic carboxylic acids is 1. The van der Waals surface area contributed by atoms with Crippen LogP contribution in [0.25, 0.3) is 0 Å². The number of hydrogen-bond donors (Lipinski definition) is 1. The van der Waals surface area contributed by atoms with E-state index in [9.17, 15) is 18.4 Å². The Morgan fingerprint density at radius 3 is 2.58 bits per heavy atom. The summed E-state index contributed by atoms with van der Waals surface area (Å²) in [7, 11) is 0. The summed E-state index contributed by atoms with van der Waals surface area (Å²) >= 11 is 6.98. The van der Waals surface area contributed by atoms with Gasteiger partial charge in [-0.1, -0.05) is 11.6 Å². The molecule has 0 aliphatic carbocycles. The van der Waals surface area contributed by atoms with Crippen molar-refractivity contribution in [2.75, 3.05) is 13.1 Å². The monoisotopic (exact) mass is 309 g/mol. The van der Waals surface area contributed by atoms with E-state index < -0.39 is 30.1 Å². The summed E-state index contributed by atoms with van der Waals surface area (Å²) < 4.78 is 25.8. The molecule has 0 aromatic carbocycles. The molecule has 1 N–H and O–H groups in total. The molecule has 2 heterocycles. The molecule has 0 radical (unpaired) electrons. The van der Waals surface area contributed by atoms with Gasteiger partial charge in [-0.25, -0.2) is 8.78 Å². The number of carbonyl (C=O) groups is 2. The number of likely N-dealkylation sites (tertiary alicyclic amines) is 1. The second-order valence-corrected chi connectivity index (χ2v) is 5.78. The second-order valence-electron chi connectivity index (χ2n) is 4.26. The molecule has 1 amide bonds. The van der Waals surface area contributed by atoms with E-state index in [4.69, 9.17) is 16.7 Å². The maximum absolute atomic E-state index is 12.8. The van der Waals surface area contributed by atoms with E-state index in [0.29, 0.717) is 0 Å². The van der Waals surface area contributed by atoms with Crippen LogP contribution in [0.3, 0.4) is 0 Å². The first-order chi connectivity index (χ1) is 8.91. The number of thiophene rings is 1. The Morgan fingerprint density at radius 2 is 2.16 bits per heavy atom. The first-order valence-corrected chi connectivity index (χ1v) is 6.70. The van der Waals surface area contributed by atoms with Crippen LogP contribution in [0, 0.1) is 11.8 Å². The molecule has 0 spiro atoms. The van der Waals surface area contributed by atoms with E-state index in [2.05, 4.69) is 0 Å². The van der Waals surface area contributed by atoms with Gasteiger partial charge < -0.3 is 10.0 Å². The molecule has 8 heteroatoms. The number of carbonyl (C=O) groups excluding carboxylic acids is 1. The quantitative estimate of drug-likeness (QED) is 0.933. The summed E-state index contributed by atoms with van der Waals surface area (Å²) in [6, 6.07) is 1.50. The Labute approximate surface area is 116 Å². The van der Waals surface area contributed by atoms with Gasteiger partial charge in [0.2, 0.25) is 6.43 Å². The molecule has 1 fully saturated rings. The van der Waals surface area contributed by atoms with Crippen molar-refractivity contribution < 1.29 is 23.5 Å². The number of nitrogens with zero attached hydrogens (tertiary/aromatic N) is 1. The summed E-state index contributed by atoms with van der Waals surface area (Å²) in [5.74, 6) is -4.38. The molecular formula is C11H10ClF2NO3S. The van der Waals surface area contributed by atoms with Gasteiger partial charge in [0.15, 0.2) is 0 Å². The summed E-state index contributed by atoms with van der Waals surface area (Å²) in [5.41, 5.74) is 0.228. The Morgan fingerprint density at radius 1 is 1.47 bits per heavy atom. The van der Waals surface area contributed by atoms with Crippen LogP contribution in [0.15, 0.2) is 11.4 Å². The number of rotatable bonds is 3. The molecule has 2 atom stereocenters. The maximum Gasteiger partial charge on any atom is 0.308 e. The lowest BCUT2D eigenvalue weighted by molar-refractivity contribution is -0.144. The zero-order valence-electron chi connectivity index (χ0n) is 9.55. The van der Waals surface area contributed by atoms with Crippen molar-refractivity contribution in [1.82, 2.24) is 4.90 Å². The molecule has 1 aromatic rings. The SMILES string of the molecule is O=C(O)[C@@H]1CN(C(=O)c2ccsc2Cl)C[C@H]1C(F)F. The fourth-order valence-electron chi connectivity index (χ4n) is 2.13. The second kappa shape index (κ2) is 5.42. The predicted octanol–water partition coefficient (Wildman–Crippen LogP) is 2.44. The van der Waals surface area contributed by atoms with Gasteiger partial charge in [0, 0.05) is 13.1 Å². The number of hydrogen-bond acceptors (Lipinski definition) is 3. The number of alkyl halides is 2. The third kappa shape index (κ3) is 2.71. The zero-order valence-corrected chi connectivity index (χ0v) is 11.1. The molecular weight excluding hydrogens is 300 g/mol. The molecule has 0 unspecified atom stereocenters. The summed E-state index contributed by atoms with van der Waals surface area (Å²) in [6.45, 7) is -0.477. The zero-order chi connectivity index (χ0) is 14.2. The van der Waals surface area contributed by atoms with Gasteiger partial charge in [-0.15, -0.1) is 11.3 Å². The Hall–Kier alpha value is -1.21. The molecule has 104 valence electrons. The third-order valence-corrected chi connectivity index (χ3v) is 4.31. The minimum atomic E-state index is -2.77. The molecule has 1 aliphatic heterocycles. The number of amides is 1. The van der Waals surface area contributed by atoms with Crippen molar-refractivity contribution in [2.24, 2.45) is 11.8 Å². The van der Waals surface area contributed by atoms with Gasteiger partial charge in [-0.05, 0) is 11.4 Å². The van der Waals surface area contributed by atoms with Crippen molar-refractivity contribution in [3.8, 4) is 0 Å². The smallest absolute Gasteiger partial charge is 0.308 e. The van der Waals surface area contributed by atoms with Gasteiger partial charge in [-0.3, -0.25) is 9.59 Å². The topological polar surface area (TPSA) is 57.6 Å². The number of halogens is 3. The summed E-state index contributed by atoms with van der Waals surface area (Å²) in [4.78, 5) is 24.1. The van der Waals surface area contributed by atoms with Gasteiger partial charge in [-0.2, -0.15) is 0 Å². The molecule has 19 heavy (non-hydrogen) atoms. The summed E-state index contributed by atoms with van der Waals surface area (Å²) in [5, 5.41) is 10.5. The molecule has 4 nitrogen and oxygen atoms in total. The van der Waals surface area contributed by atoms with Gasteiger partial charge in [0.1, 0.15) is 4.34 Å². The average molecular weight is 310 g/mol. The summed E-state index contributed by atoms with van der Waals surface area (Å²) in [6.07, 6.45) is -2.77. The minimum Gasteiger partial charge on any atom is -0.481 e. The van der Waals surface area contributed by atoms with Crippen LogP contribution in [0.1, 0.15) is 10.4 Å². The van der Waals surface area contributed by atoms with E-state index in [1.165, 1.54) is 6.07 Å². The van der Waals surface area contributed by atoms with Crippen LogP contribution in [0.5, 0.6) is 0 Å². The first kappa shape index (κ1) is 14.2. The van der Waals surface area contributed by atoms with Crippen LogP contribution in [0.4, 0.5) is 8.78 Å². The van der Waals surface area contributed by atoms with E-state index >= 15 is 0 Å². The van der Waals surface area contributed by atoms with Gasteiger partial charge in [0.25, 0.3) is 5.91 Å². The largest absolute Gasteiger partial charge is 0.481 e. The van der Waals surface area contributed by atoms with Crippen molar-refractivity contribution in [1.29, 1.82) is 0 Å². The highest BCUT2D eigenvalue weighted by molar-refractivity contribution is 7.14. The Kier molecular flexibility index (Phi) is 4.05. The van der Waals surface area contributed by atoms with Crippen molar-refractivity contribution in [2.45, 2.75) is 6.43 Å². The molecule has 1 aromatic heterocycles. The third-order valence-electron chi connectivity index (χ3n) is 3.14. The lowest BCUT2D eigenvalue weighted by atomic mass is 9.97. The van der Waals surface area contributed by atoms with E-state index in [1.807, 2.05) is 0 Å². The van der Waals surface area contributed by atoms with Crippen LogP contribution in [0.2, 0.25) is 4.34 Å². The normalized spacial score (nSPS) is 23.1. The van der Waals surface area contributed by atoms with E-state index in [-0.39, 0.29) is 23.0 Å². The molecule has 0 saturated carbocycles. The lowest BCUT2D eigenvalue weighted by Gasteiger charge is -2.15. The Bertz CT molecular complexity index is 508. The highest BCUT2D eigenvalue weighted by Gasteiger charge is 2.44. The highest BCUT2D eigenvalue weighted by Crippen LogP contribution is 2.32. The van der Waals surface area contributed by atoms with Crippen molar-refractivity contribution in [3.05, 3.63) is 21.3 Å². The van der Waals surface area contributed by atoms with Crippen molar-refractivity contribution >= 4 is 34.8 Å². The van der Waals surface area contributed by atoms with Gasteiger partial charge in [0.05, 0.1) is 17.4 Å². The first-order valence-electron chi connectivity index (χ1n) is 5.45. The number of carboxylic acid groups (broad SMARTS) is 1. The number of carboxylic acids is 1. The lowest BCUT2D eigenvalue weighted by Crippen LogP contribution is -2.29. The van der Waals surface area contributed by atoms with Crippen LogP contribution in [-0.2, 0) is 4.79 Å². The fourth-order valence-corrected chi connectivity index (χ4v) is 3.03. The predicted molar refractivity (Wildman–Crippen MR) is 65.9 cm³/mol. The standard InChI is InChI=1S/C11H10ClF2NO3S/c12-8-5(1-2-19-8)10(16)15-3-6(9(13)14)7(4-15)11(17)18/h1-2,6-7,9H,3-4H2,(H,17,18)/t6-,7-/m1/s1. The van der Waals surface area contributed by atoms with Crippen LogP contribution in [-0.4, -0.2) is 41.4 Å². The van der Waals surface area contributed by atoms with Gasteiger partial charge >= 0.3 is 5.97 Å². The molecule has 2 rings (SSSR count). The van der Waals surface area contributed by atoms with E-state index in [0.717, 1.165) is 16.2 Å². The highest BCUT2D eigenvalue weighted by atomic mass is 35.5. The van der Waals surface area contributed by atoms with Crippen LogP contribution >= 0.6 is 22.9 Å². The van der Waals surface area contributed by atoms with Crippen molar-refractivity contribution in [3.63, 3.8) is 0 Å². The van der Waals surface area contributed by atoms with Crippen LogP contribution < -0.4 is 0 Å². The molecule has 0 bridgehead atoms. The molecule has 1 saturated heterocycles. The molecule has 1 aliphatic rings. The average Bonchev–Trinajstić information content (AvgIpc) is 2.93. The van der Waals surface area contributed by atoms with E-state index in [1.54, 1.807) is 5.38 Å². The maximum atomic E-state index is 12.8.